The molecule has 1 amide bonds. The van der Waals surface area contributed by atoms with Crippen LogP contribution in [0.4, 0.5) is 15.8 Å². The number of carbonyl (C=O) groups excluding carboxylic acids is 1. The summed E-state index contributed by atoms with van der Waals surface area (Å²) in [6.07, 6.45) is 0.526. The summed E-state index contributed by atoms with van der Waals surface area (Å²) in [6, 6.07) is 14.2. The fourth-order valence-electron chi connectivity index (χ4n) is 5.05. The zero-order valence-electron chi connectivity index (χ0n) is 27.4. The van der Waals surface area contributed by atoms with Crippen LogP contribution in [0.1, 0.15) is 105 Å². The summed E-state index contributed by atoms with van der Waals surface area (Å²) in [5.41, 5.74) is 13.0. The van der Waals surface area contributed by atoms with Gasteiger partial charge in [-0.25, -0.2) is 10.2 Å². The van der Waals surface area contributed by atoms with Crippen LogP contribution in [0, 0.1) is 19.7 Å². The van der Waals surface area contributed by atoms with Crippen LogP contribution in [0.25, 0.3) is 0 Å². The molecule has 0 aliphatic carbocycles. The van der Waals surface area contributed by atoms with Gasteiger partial charge in [0.05, 0.1) is 23.4 Å². The molecular weight excluding hydrogens is 543 g/mol. The number of benzene rings is 3. The first-order chi connectivity index (χ1) is 20.6. The Hall–Kier alpha value is -3.91. The Kier molecular flexibility index (Phi) is 15.5. The number of hydrogen-bond donors (Lipinski definition) is 3. The normalized spacial score (nSPS) is 12.2. The minimum atomic E-state index is -0.925. The zero-order valence-corrected chi connectivity index (χ0v) is 27.4. The smallest absolute Gasteiger partial charge is 0.304 e. The van der Waals surface area contributed by atoms with Gasteiger partial charge < -0.3 is 20.7 Å². The van der Waals surface area contributed by atoms with Gasteiger partial charge in [0.25, 0.3) is 5.91 Å². The van der Waals surface area contributed by atoms with Crippen LogP contribution in [0.5, 0.6) is 0 Å². The minimum absolute atomic E-state index is 0.0653. The lowest BCUT2D eigenvalue weighted by molar-refractivity contribution is -0.137. The molecule has 1 atom stereocenters. The van der Waals surface area contributed by atoms with Crippen LogP contribution < -0.4 is 16.6 Å². The summed E-state index contributed by atoms with van der Waals surface area (Å²) in [5.74, 6) is 3.81. The number of hydrogen-bond acceptors (Lipinski definition) is 5. The van der Waals surface area contributed by atoms with Gasteiger partial charge in [0.15, 0.2) is 0 Å². The quantitative estimate of drug-likeness (QED) is 0.147. The third-order valence-electron chi connectivity index (χ3n) is 7.22. The Morgan fingerprint density at radius 2 is 1.63 bits per heavy atom. The number of hydrazine groups is 1. The number of carbonyl (C=O) groups is 2. The number of nitrogens with two attached hydrogens (primary N) is 2. The summed E-state index contributed by atoms with van der Waals surface area (Å²) in [7, 11) is 0. The number of carboxylic acid groups (broad SMARTS) is 1. The van der Waals surface area contributed by atoms with Crippen molar-refractivity contribution in [1.29, 1.82) is 0 Å². The van der Waals surface area contributed by atoms with Crippen molar-refractivity contribution in [1.82, 2.24) is 4.90 Å². The molecule has 4 rings (SSSR count). The largest absolute Gasteiger partial charge is 0.481 e. The molecule has 1 heterocycles. The highest BCUT2D eigenvalue weighted by atomic mass is 19.1. The highest BCUT2D eigenvalue weighted by molar-refractivity contribution is 5.94. The average molecular weight is 595 g/mol. The second-order valence-electron chi connectivity index (χ2n) is 9.64. The molecule has 0 saturated carbocycles. The fraction of sp³-hybridized carbons (Fsp3) is 0.429. The average Bonchev–Trinajstić information content (AvgIpc) is 3.04. The maximum atomic E-state index is 14.4. The number of nitrogens with zero attached hydrogens (tertiary/aromatic N) is 2. The molecule has 0 aromatic heterocycles. The molecule has 0 radical (unpaired) electrons. The highest BCUT2D eigenvalue weighted by Crippen LogP contribution is 2.37. The molecule has 8 heteroatoms. The van der Waals surface area contributed by atoms with Crippen LogP contribution >= 0.6 is 0 Å². The van der Waals surface area contributed by atoms with E-state index in [1.54, 1.807) is 22.0 Å². The summed E-state index contributed by atoms with van der Waals surface area (Å²) >= 11 is 0. The van der Waals surface area contributed by atoms with E-state index in [1.807, 2.05) is 92.6 Å². The number of rotatable bonds is 7. The third kappa shape index (κ3) is 9.04. The van der Waals surface area contributed by atoms with E-state index in [0.29, 0.717) is 37.4 Å². The van der Waals surface area contributed by atoms with E-state index >= 15 is 0 Å². The summed E-state index contributed by atoms with van der Waals surface area (Å²) < 4.78 is 14.4. The topological polar surface area (TPSA) is 113 Å². The van der Waals surface area contributed by atoms with Crippen molar-refractivity contribution >= 4 is 23.3 Å². The highest BCUT2D eigenvalue weighted by Gasteiger charge is 2.27. The summed E-state index contributed by atoms with van der Waals surface area (Å²) in [6.45, 7) is 19.0. The summed E-state index contributed by atoms with van der Waals surface area (Å²) in [4.78, 5) is 26.7. The second-order valence-corrected chi connectivity index (χ2v) is 9.64. The molecule has 0 fully saturated rings. The summed E-state index contributed by atoms with van der Waals surface area (Å²) in [5, 5.41) is 11.3. The Balaban J connectivity index is 0.00000145. The SMILES string of the molecule is CC.CC.CC.CCN(N)c1ccc(C(CC(=O)O)c2ccc3c(c2)CN(C(=O)c2cc(C)ccc2F)CC3)c(C)c1N. The lowest BCUT2D eigenvalue weighted by Crippen LogP contribution is -2.36. The zero-order chi connectivity index (χ0) is 32.9. The van der Waals surface area contributed by atoms with Gasteiger partial charge >= 0.3 is 5.97 Å². The molecule has 3 aromatic rings. The number of nitrogen functional groups attached to an aromatic ring is 1. The van der Waals surface area contributed by atoms with Gasteiger partial charge in [-0.1, -0.05) is 77.4 Å². The molecule has 3 aromatic carbocycles. The van der Waals surface area contributed by atoms with E-state index in [2.05, 4.69) is 0 Å². The van der Waals surface area contributed by atoms with Crippen molar-refractivity contribution in [3.63, 3.8) is 0 Å². The van der Waals surface area contributed by atoms with Gasteiger partial charge in [-0.2, -0.15) is 0 Å². The maximum Gasteiger partial charge on any atom is 0.304 e. The third-order valence-corrected chi connectivity index (χ3v) is 7.22. The van der Waals surface area contributed by atoms with Crippen LogP contribution in [0.2, 0.25) is 0 Å². The predicted octanol–water partition coefficient (Wildman–Crippen LogP) is 7.61. The van der Waals surface area contributed by atoms with Crippen molar-refractivity contribution in [2.75, 3.05) is 23.8 Å². The van der Waals surface area contributed by atoms with Gasteiger partial charge in [-0.3, -0.25) is 9.59 Å². The molecule has 236 valence electrons. The lowest BCUT2D eigenvalue weighted by Gasteiger charge is -2.30. The number of aryl methyl sites for hydroxylation is 1. The van der Waals surface area contributed by atoms with Crippen LogP contribution in [-0.2, 0) is 17.8 Å². The number of carboxylic acids is 1. The number of halogens is 1. The van der Waals surface area contributed by atoms with Gasteiger partial charge in [0.2, 0.25) is 0 Å². The van der Waals surface area contributed by atoms with Gasteiger partial charge in [-0.15, -0.1) is 0 Å². The van der Waals surface area contributed by atoms with E-state index in [0.717, 1.165) is 33.4 Å². The van der Waals surface area contributed by atoms with E-state index in [1.165, 1.54) is 6.07 Å². The van der Waals surface area contributed by atoms with E-state index < -0.39 is 17.7 Å². The molecule has 0 spiro atoms. The van der Waals surface area contributed by atoms with E-state index in [4.69, 9.17) is 11.6 Å². The van der Waals surface area contributed by atoms with Gasteiger partial charge in [0.1, 0.15) is 5.82 Å². The number of aliphatic carboxylic acids is 1. The Morgan fingerprint density at radius 1 is 0.977 bits per heavy atom. The molecule has 1 unspecified atom stereocenters. The van der Waals surface area contributed by atoms with Crippen molar-refractivity contribution < 1.29 is 19.1 Å². The first-order valence-corrected chi connectivity index (χ1v) is 15.4. The first-order valence-electron chi connectivity index (χ1n) is 15.4. The molecule has 7 nitrogen and oxygen atoms in total. The molecule has 1 aliphatic heterocycles. The molecule has 1 aliphatic rings. The number of anilines is 2. The van der Waals surface area contributed by atoms with E-state index in [9.17, 15) is 19.1 Å². The number of fused-ring (bicyclic) bond motifs is 1. The van der Waals surface area contributed by atoms with Crippen LogP contribution in [0.15, 0.2) is 48.5 Å². The van der Waals surface area contributed by atoms with Crippen molar-refractivity contribution in [3.8, 4) is 0 Å². The lowest BCUT2D eigenvalue weighted by atomic mass is 9.83. The Labute approximate surface area is 257 Å². The molecule has 43 heavy (non-hydrogen) atoms. The predicted molar refractivity (Wildman–Crippen MR) is 177 cm³/mol. The van der Waals surface area contributed by atoms with Crippen molar-refractivity contribution in [2.24, 2.45) is 5.84 Å². The molecule has 0 saturated heterocycles. The van der Waals surface area contributed by atoms with Crippen molar-refractivity contribution in [3.05, 3.63) is 93.3 Å². The van der Waals surface area contributed by atoms with Crippen LogP contribution in [-0.4, -0.2) is 35.0 Å². The van der Waals surface area contributed by atoms with Crippen molar-refractivity contribution in [2.45, 2.75) is 87.6 Å². The monoisotopic (exact) mass is 594 g/mol. The Bertz CT molecular complexity index is 1360. The molecule has 0 bridgehead atoms. The molecule has 5 N–H and O–H groups in total. The second kappa shape index (κ2) is 17.9. The minimum Gasteiger partial charge on any atom is -0.481 e. The first kappa shape index (κ1) is 37.1. The van der Waals surface area contributed by atoms with Gasteiger partial charge in [-0.05, 0) is 73.2 Å². The standard InChI is InChI=1S/C29H33FN4O3.3C2H6/c1-4-34(32)26-10-8-22(18(3)28(26)31)23(15-27(35)36)20-7-6-19-11-12-33(16-21(19)14-20)29(37)24-13-17(2)5-9-25(24)30;3*1-2/h5-10,13-14,23H,4,11-12,15-16,31-32H2,1-3H3,(H,35,36);3*1-2H3. The molecular formula is C35H51FN4O3. The van der Waals surface area contributed by atoms with E-state index in [-0.39, 0.29) is 17.9 Å². The maximum absolute atomic E-state index is 14.4. The number of amides is 1. The van der Waals surface area contributed by atoms with Crippen LogP contribution in [0.3, 0.4) is 0 Å². The van der Waals surface area contributed by atoms with Gasteiger partial charge in [0, 0.05) is 25.6 Å². The Morgan fingerprint density at radius 3 is 2.23 bits per heavy atom. The fourth-order valence-corrected chi connectivity index (χ4v) is 5.05.